The number of halogens is 3. The average molecular weight is 384 g/mol. The van der Waals surface area contributed by atoms with Gasteiger partial charge >= 0.3 is 0 Å². The predicted molar refractivity (Wildman–Crippen MR) is 97.0 cm³/mol. The average Bonchev–Trinajstić information content (AvgIpc) is 2.93. The summed E-state index contributed by atoms with van der Waals surface area (Å²) in [5.74, 6) is -0.897. The van der Waals surface area contributed by atoms with Gasteiger partial charge in [-0.15, -0.1) is 0 Å². The van der Waals surface area contributed by atoms with Gasteiger partial charge in [0.15, 0.2) is 0 Å². The van der Waals surface area contributed by atoms with Gasteiger partial charge in [-0.2, -0.15) is 0 Å². The highest BCUT2D eigenvalue weighted by molar-refractivity contribution is 6.36. The Labute approximate surface area is 154 Å². The van der Waals surface area contributed by atoms with Gasteiger partial charge in [0.2, 0.25) is 11.8 Å². The van der Waals surface area contributed by atoms with Crippen LogP contribution in [0, 0.1) is 5.92 Å². The summed E-state index contributed by atoms with van der Waals surface area (Å²) in [7, 11) is 0. The summed E-state index contributed by atoms with van der Waals surface area (Å²) in [6.07, 6.45) is 0.120. The molecule has 1 N–H and O–H groups in total. The summed E-state index contributed by atoms with van der Waals surface area (Å²) >= 11 is 18.1. The minimum atomic E-state index is -0.483. The lowest BCUT2D eigenvalue weighted by molar-refractivity contribution is -0.122. The topological polar surface area (TPSA) is 49.4 Å². The molecule has 0 bridgehead atoms. The third kappa shape index (κ3) is 3.51. The fraction of sp³-hybridized carbons (Fsp3) is 0.176. The summed E-state index contributed by atoms with van der Waals surface area (Å²) in [5, 5.41) is 4.07. The summed E-state index contributed by atoms with van der Waals surface area (Å²) in [5.41, 5.74) is 1.04. The van der Waals surface area contributed by atoms with Crippen LogP contribution in [0.2, 0.25) is 15.1 Å². The maximum Gasteiger partial charge on any atom is 0.229 e. The maximum atomic E-state index is 12.5. The van der Waals surface area contributed by atoms with Crippen LogP contribution in [0.5, 0.6) is 0 Å². The molecule has 1 fully saturated rings. The molecular weight excluding hydrogens is 371 g/mol. The molecule has 1 unspecified atom stereocenters. The Morgan fingerprint density at radius 3 is 2.58 bits per heavy atom. The molecule has 1 aliphatic heterocycles. The number of amides is 2. The maximum absolute atomic E-state index is 12.5. The van der Waals surface area contributed by atoms with E-state index in [0.717, 1.165) is 0 Å². The van der Waals surface area contributed by atoms with Gasteiger partial charge in [0.25, 0.3) is 0 Å². The largest absolute Gasteiger partial charge is 0.324 e. The monoisotopic (exact) mass is 382 g/mol. The smallest absolute Gasteiger partial charge is 0.229 e. The van der Waals surface area contributed by atoms with Crippen molar-refractivity contribution >= 4 is 58.0 Å². The summed E-state index contributed by atoms with van der Waals surface area (Å²) in [4.78, 5) is 26.3. The minimum Gasteiger partial charge on any atom is -0.324 e. The van der Waals surface area contributed by atoms with Gasteiger partial charge in [-0.05, 0) is 30.3 Å². The van der Waals surface area contributed by atoms with E-state index >= 15 is 0 Å². The zero-order valence-electron chi connectivity index (χ0n) is 12.4. The molecule has 1 atom stereocenters. The van der Waals surface area contributed by atoms with E-state index in [2.05, 4.69) is 5.32 Å². The van der Waals surface area contributed by atoms with Crippen molar-refractivity contribution in [2.24, 2.45) is 5.92 Å². The molecule has 0 saturated carbocycles. The Morgan fingerprint density at radius 2 is 1.83 bits per heavy atom. The number of hydrogen-bond donors (Lipinski definition) is 1. The molecule has 0 aliphatic carbocycles. The molecule has 0 aromatic heterocycles. The number of hydrogen-bond acceptors (Lipinski definition) is 2. The highest BCUT2D eigenvalue weighted by atomic mass is 35.5. The molecule has 24 heavy (non-hydrogen) atoms. The Kier molecular flexibility index (Phi) is 4.99. The van der Waals surface area contributed by atoms with Crippen LogP contribution in [0.25, 0.3) is 0 Å². The molecule has 0 spiro atoms. The van der Waals surface area contributed by atoms with Crippen molar-refractivity contribution in [3.8, 4) is 0 Å². The van der Waals surface area contributed by atoms with Crippen LogP contribution in [-0.4, -0.2) is 18.4 Å². The predicted octanol–water partition coefficient (Wildman–Crippen LogP) is 4.64. The van der Waals surface area contributed by atoms with Crippen molar-refractivity contribution < 1.29 is 9.59 Å². The minimum absolute atomic E-state index is 0.120. The van der Waals surface area contributed by atoms with Crippen molar-refractivity contribution in [2.75, 3.05) is 16.8 Å². The summed E-state index contributed by atoms with van der Waals surface area (Å²) in [6, 6.07) is 11.9. The van der Waals surface area contributed by atoms with E-state index in [1.54, 1.807) is 42.5 Å². The fourth-order valence-electron chi connectivity index (χ4n) is 2.61. The lowest BCUT2D eigenvalue weighted by Gasteiger charge is -2.18. The third-order valence-electron chi connectivity index (χ3n) is 3.83. The number of nitrogens with zero attached hydrogens (tertiary/aromatic N) is 1. The van der Waals surface area contributed by atoms with Crippen LogP contribution in [0.1, 0.15) is 6.42 Å². The lowest BCUT2D eigenvalue weighted by Crippen LogP contribution is -2.28. The van der Waals surface area contributed by atoms with Crippen molar-refractivity contribution in [1.82, 2.24) is 0 Å². The zero-order chi connectivity index (χ0) is 17.3. The Morgan fingerprint density at radius 1 is 1.08 bits per heavy atom. The first-order valence-corrected chi connectivity index (χ1v) is 8.40. The number of anilines is 2. The van der Waals surface area contributed by atoms with Gasteiger partial charge in [0.1, 0.15) is 0 Å². The Bertz CT molecular complexity index is 810. The molecule has 1 saturated heterocycles. The van der Waals surface area contributed by atoms with Crippen LogP contribution in [-0.2, 0) is 9.59 Å². The molecule has 4 nitrogen and oxygen atoms in total. The number of para-hydroxylation sites is 1. The van der Waals surface area contributed by atoms with E-state index in [9.17, 15) is 9.59 Å². The zero-order valence-corrected chi connectivity index (χ0v) is 14.7. The molecular formula is C17H13Cl3N2O2. The van der Waals surface area contributed by atoms with Crippen LogP contribution in [0.3, 0.4) is 0 Å². The van der Waals surface area contributed by atoms with Crippen LogP contribution in [0.15, 0.2) is 42.5 Å². The van der Waals surface area contributed by atoms with Crippen LogP contribution < -0.4 is 10.2 Å². The SMILES string of the molecule is O=C(Nc1cc(Cl)ccc1Cl)C1CC(=O)N(c2ccccc2Cl)C1. The number of nitrogens with one attached hydrogen (secondary N) is 1. The summed E-state index contributed by atoms with van der Waals surface area (Å²) < 4.78 is 0. The molecule has 2 aromatic rings. The van der Waals surface area contributed by atoms with Crippen LogP contribution >= 0.6 is 34.8 Å². The highest BCUT2D eigenvalue weighted by Crippen LogP contribution is 2.32. The lowest BCUT2D eigenvalue weighted by atomic mass is 10.1. The fourth-order valence-corrected chi connectivity index (χ4v) is 3.19. The van der Waals surface area contributed by atoms with Crippen molar-refractivity contribution in [1.29, 1.82) is 0 Å². The van der Waals surface area contributed by atoms with Gasteiger partial charge in [0.05, 0.1) is 27.3 Å². The van der Waals surface area contributed by atoms with E-state index in [1.165, 1.54) is 4.90 Å². The number of carbonyl (C=O) groups excluding carboxylic acids is 2. The number of rotatable bonds is 3. The van der Waals surface area contributed by atoms with Crippen LogP contribution in [0.4, 0.5) is 11.4 Å². The van der Waals surface area contributed by atoms with Gasteiger partial charge in [0, 0.05) is 18.0 Å². The normalized spacial score (nSPS) is 17.2. The highest BCUT2D eigenvalue weighted by Gasteiger charge is 2.36. The Hall–Kier alpha value is -1.75. The van der Waals surface area contributed by atoms with Gasteiger partial charge in [-0.1, -0.05) is 46.9 Å². The second kappa shape index (κ2) is 7.01. The van der Waals surface area contributed by atoms with E-state index in [4.69, 9.17) is 34.8 Å². The molecule has 3 rings (SSSR count). The number of carbonyl (C=O) groups is 2. The van der Waals surface area contributed by atoms with E-state index < -0.39 is 5.92 Å². The van der Waals surface area contributed by atoms with Crippen molar-refractivity contribution in [3.05, 3.63) is 57.5 Å². The van der Waals surface area contributed by atoms with E-state index in [1.807, 2.05) is 0 Å². The molecule has 0 radical (unpaired) electrons. The second-order valence-corrected chi connectivity index (χ2v) is 6.72. The van der Waals surface area contributed by atoms with E-state index in [0.29, 0.717) is 26.4 Å². The Balaban J connectivity index is 1.75. The first-order valence-electron chi connectivity index (χ1n) is 7.26. The second-order valence-electron chi connectivity index (χ2n) is 5.47. The first-order chi connectivity index (χ1) is 11.5. The molecule has 1 aliphatic rings. The molecule has 1 heterocycles. The van der Waals surface area contributed by atoms with Gasteiger partial charge < -0.3 is 10.2 Å². The molecule has 124 valence electrons. The van der Waals surface area contributed by atoms with Gasteiger partial charge in [-0.25, -0.2) is 0 Å². The molecule has 2 aromatic carbocycles. The van der Waals surface area contributed by atoms with Crippen molar-refractivity contribution in [3.63, 3.8) is 0 Å². The van der Waals surface area contributed by atoms with E-state index in [-0.39, 0.29) is 24.8 Å². The van der Waals surface area contributed by atoms with Gasteiger partial charge in [-0.3, -0.25) is 9.59 Å². The summed E-state index contributed by atoms with van der Waals surface area (Å²) in [6.45, 7) is 0.270. The first kappa shape index (κ1) is 17.1. The van der Waals surface area contributed by atoms with Crippen molar-refractivity contribution in [2.45, 2.75) is 6.42 Å². The third-order valence-corrected chi connectivity index (χ3v) is 4.71. The quantitative estimate of drug-likeness (QED) is 0.839. The molecule has 7 heteroatoms. The molecule has 2 amide bonds. The number of benzene rings is 2. The standard InChI is InChI=1S/C17H13Cl3N2O2/c18-11-5-6-12(19)14(8-11)21-17(24)10-7-16(23)22(9-10)15-4-2-1-3-13(15)20/h1-6,8,10H,7,9H2,(H,21,24).